The van der Waals surface area contributed by atoms with Crippen LogP contribution in [-0.2, 0) is 0 Å². The first kappa shape index (κ1) is 15.4. The molecular weight excluding hydrogens is 268 g/mol. The number of carbonyl (C=O) groups is 1. The smallest absolute Gasteiger partial charge is 0.289 e. The molecule has 1 aliphatic rings. The molecule has 1 heterocycles. The van der Waals surface area contributed by atoms with Crippen molar-refractivity contribution in [2.24, 2.45) is 28.3 Å². The summed E-state index contributed by atoms with van der Waals surface area (Å²) in [5, 5.41) is 0. The Bertz CT molecular complexity index is 472. The van der Waals surface area contributed by atoms with Crippen LogP contribution >= 0.6 is 0 Å². The van der Waals surface area contributed by atoms with Gasteiger partial charge in [-0.25, -0.2) is 0 Å². The molecule has 0 spiro atoms. The van der Waals surface area contributed by atoms with E-state index >= 15 is 0 Å². The van der Waals surface area contributed by atoms with E-state index in [4.69, 9.17) is 15.9 Å². The van der Waals surface area contributed by atoms with Crippen molar-refractivity contribution in [3.05, 3.63) is 24.2 Å². The number of carbonyl (C=O) groups excluding carboxylic acids is 1. The third kappa shape index (κ3) is 4.51. The summed E-state index contributed by atoms with van der Waals surface area (Å²) in [6.07, 6.45) is 5.98. The molecule has 116 valence electrons. The molecule has 1 aliphatic carbocycles. The maximum Gasteiger partial charge on any atom is 0.289 e. The molecule has 0 aromatic carbocycles. The minimum Gasteiger partial charge on any atom is -0.459 e. The standard InChI is InChI=1S/C15H24N4O2/c1-19(14(20)13-3-2-8-21-13)10-12-6-4-11(5-7-12)9-18-15(16)17/h2-3,8,11-12H,4-7,9-10H2,1H3,(H4,16,17,18). The van der Waals surface area contributed by atoms with Crippen LogP contribution in [0.25, 0.3) is 0 Å². The van der Waals surface area contributed by atoms with Crippen LogP contribution in [0.1, 0.15) is 36.2 Å². The topological polar surface area (TPSA) is 97.9 Å². The third-order valence-electron chi connectivity index (χ3n) is 4.11. The first-order valence-electron chi connectivity index (χ1n) is 7.40. The highest BCUT2D eigenvalue weighted by atomic mass is 16.3. The van der Waals surface area contributed by atoms with E-state index in [-0.39, 0.29) is 11.9 Å². The van der Waals surface area contributed by atoms with Crippen molar-refractivity contribution >= 4 is 11.9 Å². The highest BCUT2D eigenvalue weighted by Gasteiger charge is 2.24. The summed E-state index contributed by atoms with van der Waals surface area (Å²) in [6, 6.07) is 3.43. The summed E-state index contributed by atoms with van der Waals surface area (Å²) < 4.78 is 5.15. The Morgan fingerprint density at radius 3 is 2.57 bits per heavy atom. The monoisotopic (exact) mass is 292 g/mol. The van der Waals surface area contributed by atoms with E-state index in [0.717, 1.165) is 38.8 Å². The maximum atomic E-state index is 12.1. The predicted molar refractivity (Wildman–Crippen MR) is 81.8 cm³/mol. The highest BCUT2D eigenvalue weighted by molar-refractivity contribution is 5.91. The van der Waals surface area contributed by atoms with E-state index in [1.807, 2.05) is 7.05 Å². The van der Waals surface area contributed by atoms with Crippen molar-refractivity contribution < 1.29 is 9.21 Å². The van der Waals surface area contributed by atoms with E-state index in [9.17, 15) is 4.79 Å². The van der Waals surface area contributed by atoms with Gasteiger partial charge in [0.2, 0.25) is 0 Å². The average molecular weight is 292 g/mol. The normalized spacial score (nSPS) is 21.8. The molecule has 6 nitrogen and oxygen atoms in total. The fourth-order valence-electron chi connectivity index (χ4n) is 2.89. The second-order valence-electron chi connectivity index (χ2n) is 5.82. The number of aliphatic imine (C=N–C) groups is 1. The predicted octanol–water partition coefficient (Wildman–Crippen LogP) is 1.43. The summed E-state index contributed by atoms with van der Waals surface area (Å²) in [4.78, 5) is 17.9. The minimum absolute atomic E-state index is 0.0531. The molecule has 6 heteroatoms. The van der Waals surface area contributed by atoms with Gasteiger partial charge in [0.25, 0.3) is 5.91 Å². The highest BCUT2D eigenvalue weighted by Crippen LogP contribution is 2.29. The quantitative estimate of drug-likeness (QED) is 0.633. The van der Waals surface area contributed by atoms with Gasteiger partial charge in [-0.05, 0) is 49.7 Å². The van der Waals surface area contributed by atoms with Gasteiger partial charge in [-0.15, -0.1) is 0 Å². The van der Waals surface area contributed by atoms with Crippen molar-refractivity contribution in [1.82, 2.24) is 4.90 Å². The Labute approximate surface area is 125 Å². The molecular formula is C15H24N4O2. The fraction of sp³-hybridized carbons (Fsp3) is 0.600. The van der Waals surface area contributed by atoms with Gasteiger partial charge in [-0.1, -0.05) is 0 Å². The molecule has 21 heavy (non-hydrogen) atoms. The van der Waals surface area contributed by atoms with Crippen molar-refractivity contribution in [1.29, 1.82) is 0 Å². The zero-order valence-electron chi connectivity index (χ0n) is 12.5. The molecule has 2 rings (SSSR count). The van der Waals surface area contributed by atoms with Gasteiger partial charge in [0, 0.05) is 20.1 Å². The number of nitrogens with zero attached hydrogens (tertiary/aromatic N) is 2. The summed E-state index contributed by atoms with van der Waals surface area (Å²) in [5.74, 6) is 1.63. The number of furan rings is 1. The molecule has 0 atom stereocenters. The van der Waals surface area contributed by atoms with Crippen LogP contribution in [0.2, 0.25) is 0 Å². The lowest BCUT2D eigenvalue weighted by Crippen LogP contribution is -2.33. The molecule has 1 aromatic heterocycles. The Morgan fingerprint density at radius 1 is 1.33 bits per heavy atom. The zero-order chi connectivity index (χ0) is 15.2. The van der Waals surface area contributed by atoms with E-state index in [1.165, 1.54) is 6.26 Å². The Hall–Kier alpha value is -1.98. The summed E-state index contributed by atoms with van der Waals surface area (Å²) in [6.45, 7) is 1.49. The Kier molecular flexibility index (Phi) is 5.25. The van der Waals surface area contributed by atoms with Gasteiger partial charge >= 0.3 is 0 Å². The van der Waals surface area contributed by atoms with Crippen molar-refractivity contribution in [2.75, 3.05) is 20.1 Å². The van der Waals surface area contributed by atoms with Crippen LogP contribution in [0.15, 0.2) is 27.8 Å². The average Bonchev–Trinajstić information content (AvgIpc) is 2.99. The van der Waals surface area contributed by atoms with E-state index < -0.39 is 0 Å². The van der Waals surface area contributed by atoms with Gasteiger partial charge in [-0.2, -0.15) is 0 Å². The lowest BCUT2D eigenvalue weighted by molar-refractivity contribution is 0.0723. The number of hydrogen-bond donors (Lipinski definition) is 2. The second kappa shape index (κ2) is 7.15. The molecule has 0 aliphatic heterocycles. The number of rotatable bonds is 5. The van der Waals surface area contributed by atoms with Crippen LogP contribution in [-0.4, -0.2) is 36.9 Å². The molecule has 0 bridgehead atoms. The Morgan fingerprint density at radius 2 is 2.00 bits per heavy atom. The van der Waals surface area contributed by atoms with E-state index in [2.05, 4.69) is 4.99 Å². The minimum atomic E-state index is -0.0531. The SMILES string of the molecule is CN(CC1CCC(CN=C(N)N)CC1)C(=O)c1ccco1. The maximum absolute atomic E-state index is 12.1. The molecule has 0 radical (unpaired) electrons. The van der Waals surface area contributed by atoms with Gasteiger partial charge in [0.05, 0.1) is 6.26 Å². The zero-order valence-corrected chi connectivity index (χ0v) is 12.5. The number of nitrogens with two attached hydrogens (primary N) is 2. The van der Waals surface area contributed by atoms with Crippen molar-refractivity contribution in [3.63, 3.8) is 0 Å². The molecule has 1 fully saturated rings. The van der Waals surface area contributed by atoms with Crippen LogP contribution in [0.5, 0.6) is 0 Å². The lowest BCUT2D eigenvalue weighted by atomic mass is 9.82. The first-order chi connectivity index (χ1) is 10.1. The van der Waals surface area contributed by atoms with Gasteiger partial charge in [0.1, 0.15) is 0 Å². The Balaban J connectivity index is 1.75. The van der Waals surface area contributed by atoms with E-state index in [0.29, 0.717) is 17.6 Å². The van der Waals surface area contributed by atoms with Crippen LogP contribution < -0.4 is 11.5 Å². The van der Waals surface area contributed by atoms with Gasteiger partial charge in [-0.3, -0.25) is 9.79 Å². The van der Waals surface area contributed by atoms with Crippen molar-refractivity contribution in [3.8, 4) is 0 Å². The second-order valence-corrected chi connectivity index (χ2v) is 5.82. The fourth-order valence-corrected chi connectivity index (χ4v) is 2.89. The third-order valence-corrected chi connectivity index (χ3v) is 4.11. The largest absolute Gasteiger partial charge is 0.459 e. The molecule has 0 unspecified atom stereocenters. The summed E-state index contributed by atoms with van der Waals surface area (Å²) in [5.41, 5.74) is 10.7. The van der Waals surface area contributed by atoms with Crippen molar-refractivity contribution in [2.45, 2.75) is 25.7 Å². The van der Waals surface area contributed by atoms with Crippen LogP contribution in [0.3, 0.4) is 0 Å². The molecule has 1 saturated carbocycles. The number of guanidine groups is 1. The molecule has 1 amide bonds. The number of amides is 1. The number of hydrogen-bond acceptors (Lipinski definition) is 3. The first-order valence-corrected chi connectivity index (χ1v) is 7.40. The summed E-state index contributed by atoms with van der Waals surface area (Å²) in [7, 11) is 1.83. The molecule has 0 saturated heterocycles. The van der Waals surface area contributed by atoms with Crippen LogP contribution in [0.4, 0.5) is 0 Å². The molecule has 4 N–H and O–H groups in total. The lowest BCUT2D eigenvalue weighted by Gasteiger charge is -2.30. The van der Waals surface area contributed by atoms with Gasteiger partial charge in [0.15, 0.2) is 11.7 Å². The summed E-state index contributed by atoms with van der Waals surface area (Å²) >= 11 is 0. The van der Waals surface area contributed by atoms with E-state index in [1.54, 1.807) is 17.0 Å². The van der Waals surface area contributed by atoms with Gasteiger partial charge < -0.3 is 20.8 Å². The van der Waals surface area contributed by atoms with Crippen LogP contribution in [0, 0.1) is 11.8 Å². The molecule has 1 aromatic rings.